The summed E-state index contributed by atoms with van der Waals surface area (Å²) in [5.41, 5.74) is 2.10. The summed E-state index contributed by atoms with van der Waals surface area (Å²) in [5.74, 6) is -0.994. The van der Waals surface area contributed by atoms with E-state index < -0.39 is 11.8 Å². The first kappa shape index (κ1) is 18.2. The van der Waals surface area contributed by atoms with Gasteiger partial charge in [-0.2, -0.15) is 5.10 Å². The van der Waals surface area contributed by atoms with Crippen molar-refractivity contribution in [2.75, 3.05) is 39.3 Å². The van der Waals surface area contributed by atoms with Crippen molar-refractivity contribution in [2.45, 2.75) is 12.8 Å². The fourth-order valence-electron chi connectivity index (χ4n) is 3.75. The molecule has 0 bridgehead atoms. The van der Waals surface area contributed by atoms with Crippen LogP contribution in [0.1, 0.15) is 23.2 Å². The van der Waals surface area contributed by atoms with Gasteiger partial charge in [-0.25, -0.2) is 0 Å². The summed E-state index contributed by atoms with van der Waals surface area (Å²) in [6, 6.07) is 9.58. The van der Waals surface area contributed by atoms with Gasteiger partial charge in [0.1, 0.15) is 0 Å². The van der Waals surface area contributed by atoms with Crippen molar-refractivity contribution < 1.29 is 14.4 Å². The molecule has 8 heteroatoms. The van der Waals surface area contributed by atoms with Crippen LogP contribution in [0.3, 0.4) is 0 Å². The molecule has 146 valence electrons. The normalized spacial score (nSPS) is 17.1. The standard InChI is InChI=1S/C20H23N5O3/c26-18(16-14-21-22-17(16)15-6-2-1-3-7-15)24-10-12-25(13-11-24)20(28)19(27)23-8-4-5-9-23/h1-3,6-7,14H,4-5,8-13H2,(H,21,22). The molecule has 2 saturated heterocycles. The number of likely N-dealkylation sites (tertiary alicyclic amines) is 1. The van der Waals surface area contributed by atoms with Crippen LogP contribution in [0.5, 0.6) is 0 Å². The second-order valence-electron chi connectivity index (χ2n) is 7.11. The number of aromatic nitrogens is 2. The minimum atomic E-state index is -0.456. The highest BCUT2D eigenvalue weighted by molar-refractivity contribution is 6.35. The predicted molar refractivity (Wildman–Crippen MR) is 102 cm³/mol. The molecule has 2 aliphatic rings. The number of aromatic amines is 1. The van der Waals surface area contributed by atoms with E-state index in [9.17, 15) is 14.4 Å². The molecule has 0 radical (unpaired) electrons. The third-order valence-electron chi connectivity index (χ3n) is 5.36. The smallest absolute Gasteiger partial charge is 0.312 e. The molecule has 1 N–H and O–H groups in total. The van der Waals surface area contributed by atoms with Crippen LogP contribution in [0.2, 0.25) is 0 Å². The molecule has 3 amide bonds. The highest BCUT2D eigenvalue weighted by Crippen LogP contribution is 2.22. The van der Waals surface area contributed by atoms with E-state index in [0.717, 1.165) is 18.4 Å². The van der Waals surface area contributed by atoms with E-state index in [1.807, 2.05) is 30.3 Å². The second-order valence-corrected chi connectivity index (χ2v) is 7.11. The van der Waals surface area contributed by atoms with Crippen LogP contribution in [0.4, 0.5) is 0 Å². The third kappa shape index (κ3) is 3.49. The predicted octanol–water partition coefficient (Wildman–Crippen LogP) is 0.983. The Morgan fingerprint density at radius 1 is 0.786 bits per heavy atom. The van der Waals surface area contributed by atoms with Gasteiger partial charge in [-0.3, -0.25) is 19.5 Å². The zero-order chi connectivity index (χ0) is 19.5. The average molecular weight is 381 g/mol. The summed E-state index contributed by atoms with van der Waals surface area (Å²) in [4.78, 5) is 42.6. The Kier molecular flexibility index (Phi) is 5.10. The van der Waals surface area contributed by atoms with Gasteiger partial charge in [0, 0.05) is 44.8 Å². The zero-order valence-electron chi connectivity index (χ0n) is 15.6. The topological polar surface area (TPSA) is 89.6 Å². The number of carbonyl (C=O) groups is 3. The van der Waals surface area contributed by atoms with Gasteiger partial charge >= 0.3 is 11.8 Å². The summed E-state index contributed by atoms with van der Waals surface area (Å²) in [5, 5.41) is 6.94. The summed E-state index contributed by atoms with van der Waals surface area (Å²) in [6.45, 7) is 2.84. The van der Waals surface area contributed by atoms with E-state index in [0.29, 0.717) is 50.5 Å². The van der Waals surface area contributed by atoms with Crippen molar-refractivity contribution in [3.05, 3.63) is 42.1 Å². The lowest BCUT2D eigenvalue weighted by atomic mass is 10.1. The lowest BCUT2D eigenvalue weighted by Gasteiger charge is -2.35. The van der Waals surface area contributed by atoms with Gasteiger partial charge in [-0.05, 0) is 12.8 Å². The minimum Gasteiger partial charge on any atom is -0.335 e. The average Bonchev–Trinajstić information content (AvgIpc) is 3.45. The van der Waals surface area contributed by atoms with Crippen molar-refractivity contribution in [2.24, 2.45) is 0 Å². The molecule has 28 heavy (non-hydrogen) atoms. The summed E-state index contributed by atoms with van der Waals surface area (Å²) >= 11 is 0. The van der Waals surface area contributed by atoms with E-state index in [-0.39, 0.29) is 5.91 Å². The van der Waals surface area contributed by atoms with Crippen LogP contribution >= 0.6 is 0 Å². The summed E-state index contributed by atoms with van der Waals surface area (Å²) in [7, 11) is 0. The maximum absolute atomic E-state index is 13.0. The molecule has 4 rings (SSSR count). The molecule has 0 atom stereocenters. The van der Waals surface area contributed by atoms with Crippen molar-refractivity contribution in [3.8, 4) is 11.3 Å². The molecule has 1 aromatic carbocycles. The monoisotopic (exact) mass is 381 g/mol. The summed E-state index contributed by atoms with van der Waals surface area (Å²) in [6.07, 6.45) is 3.45. The lowest BCUT2D eigenvalue weighted by molar-refractivity contribution is -0.152. The Bertz CT molecular complexity index is 865. The Morgan fingerprint density at radius 3 is 2.00 bits per heavy atom. The number of piperazine rings is 1. The first-order valence-electron chi connectivity index (χ1n) is 9.61. The molecular weight excluding hydrogens is 358 g/mol. The molecule has 2 aromatic rings. The molecule has 0 aliphatic carbocycles. The molecule has 0 unspecified atom stereocenters. The first-order valence-corrected chi connectivity index (χ1v) is 9.61. The third-order valence-corrected chi connectivity index (χ3v) is 5.36. The quantitative estimate of drug-likeness (QED) is 0.786. The Labute approximate surface area is 163 Å². The van der Waals surface area contributed by atoms with Crippen molar-refractivity contribution in [1.82, 2.24) is 24.9 Å². The van der Waals surface area contributed by atoms with E-state index >= 15 is 0 Å². The maximum Gasteiger partial charge on any atom is 0.312 e. The van der Waals surface area contributed by atoms with Crippen LogP contribution in [0, 0.1) is 0 Å². The van der Waals surface area contributed by atoms with Gasteiger partial charge in [0.05, 0.1) is 17.5 Å². The SMILES string of the molecule is O=C(C(=O)N1CCN(C(=O)c2cn[nH]c2-c2ccccc2)CC1)N1CCCC1. The van der Waals surface area contributed by atoms with Crippen molar-refractivity contribution in [3.63, 3.8) is 0 Å². The molecule has 3 heterocycles. The van der Waals surface area contributed by atoms with Gasteiger partial charge < -0.3 is 14.7 Å². The van der Waals surface area contributed by atoms with Gasteiger partial charge in [0.2, 0.25) is 0 Å². The highest BCUT2D eigenvalue weighted by Gasteiger charge is 2.32. The highest BCUT2D eigenvalue weighted by atomic mass is 16.2. The molecule has 2 fully saturated rings. The molecule has 1 aromatic heterocycles. The van der Waals surface area contributed by atoms with Crippen LogP contribution in [-0.2, 0) is 9.59 Å². The molecule has 2 aliphatic heterocycles. The Morgan fingerprint density at radius 2 is 1.36 bits per heavy atom. The largest absolute Gasteiger partial charge is 0.335 e. The van der Waals surface area contributed by atoms with Gasteiger partial charge in [0.15, 0.2) is 0 Å². The fraction of sp³-hybridized carbons (Fsp3) is 0.400. The number of nitrogens with zero attached hydrogens (tertiary/aromatic N) is 4. The number of carbonyl (C=O) groups excluding carboxylic acids is 3. The summed E-state index contributed by atoms with van der Waals surface area (Å²) < 4.78 is 0. The fourth-order valence-corrected chi connectivity index (χ4v) is 3.75. The molecular formula is C20H23N5O3. The van der Waals surface area contributed by atoms with Crippen LogP contribution in [0.25, 0.3) is 11.3 Å². The molecule has 8 nitrogen and oxygen atoms in total. The van der Waals surface area contributed by atoms with Crippen molar-refractivity contribution in [1.29, 1.82) is 0 Å². The van der Waals surface area contributed by atoms with Crippen molar-refractivity contribution >= 4 is 17.7 Å². The number of benzene rings is 1. The lowest BCUT2D eigenvalue weighted by Crippen LogP contribution is -2.54. The molecule has 0 saturated carbocycles. The number of hydrogen-bond donors (Lipinski definition) is 1. The number of H-pyrrole nitrogens is 1. The van der Waals surface area contributed by atoms with E-state index in [1.165, 1.54) is 0 Å². The maximum atomic E-state index is 13.0. The second kappa shape index (κ2) is 7.84. The van der Waals surface area contributed by atoms with E-state index in [1.54, 1.807) is 20.9 Å². The zero-order valence-corrected chi connectivity index (χ0v) is 15.6. The van der Waals surface area contributed by atoms with Crippen LogP contribution in [0.15, 0.2) is 36.5 Å². The minimum absolute atomic E-state index is 0.120. The Balaban J connectivity index is 1.39. The number of amides is 3. The first-order chi connectivity index (χ1) is 13.6. The Hall–Kier alpha value is -3.16. The molecule has 0 spiro atoms. The van der Waals surface area contributed by atoms with E-state index in [2.05, 4.69) is 10.2 Å². The van der Waals surface area contributed by atoms with Gasteiger partial charge in [0.25, 0.3) is 5.91 Å². The number of hydrogen-bond acceptors (Lipinski definition) is 4. The number of nitrogens with one attached hydrogen (secondary N) is 1. The van der Waals surface area contributed by atoms with E-state index in [4.69, 9.17) is 0 Å². The number of rotatable bonds is 2. The van der Waals surface area contributed by atoms with Gasteiger partial charge in [-0.15, -0.1) is 0 Å². The van der Waals surface area contributed by atoms with Crippen LogP contribution in [-0.4, -0.2) is 81.9 Å². The van der Waals surface area contributed by atoms with Crippen LogP contribution < -0.4 is 0 Å². The van der Waals surface area contributed by atoms with Gasteiger partial charge in [-0.1, -0.05) is 30.3 Å².